The number of hydrogen-bond acceptors (Lipinski definition) is 5. The number of amides is 1. The molecule has 0 saturated carbocycles. The van der Waals surface area contributed by atoms with Crippen molar-refractivity contribution < 1.29 is 9.90 Å². The van der Waals surface area contributed by atoms with Crippen LogP contribution in [0.2, 0.25) is 0 Å². The van der Waals surface area contributed by atoms with E-state index in [0.717, 1.165) is 16.1 Å². The van der Waals surface area contributed by atoms with E-state index in [2.05, 4.69) is 27.1 Å². The Bertz CT molecular complexity index is 653. The van der Waals surface area contributed by atoms with E-state index >= 15 is 0 Å². The van der Waals surface area contributed by atoms with Crippen LogP contribution in [0.5, 0.6) is 0 Å². The monoisotopic (exact) mass is 287 g/mol. The number of aliphatic hydroxyl groups excluding tert-OH is 1. The van der Waals surface area contributed by atoms with Gasteiger partial charge in [-0.25, -0.2) is 4.98 Å². The second-order valence-corrected chi connectivity index (χ2v) is 4.98. The number of carbonyl (C=O) groups excluding carboxylic acids is 1. The Kier molecular flexibility index (Phi) is 4.82. The van der Waals surface area contributed by atoms with Crippen molar-refractivity contribution in [1.29, 1.82) is 0 Å². The number of aromatic nitrogens is 2. The molecule has 0 radical (unpaired) electrons. The van der Waals surface area contributed by atoms with Crippen molar-refractivity contribution >= 4 is 17.2 Å². The summed E-state index contributed by atoms with van der Waals surface area (Å²) in [5, 5.41) is 13.3. The van der Waals surface area contributed by atoms with Crippen molar-refractivity contribution in [2.75, 3.05) is 6.61 Å². The van der Waals surface area contributed by atoms with Crippen LogP contribution in [0.3, 0.4) is 0 Å². The molecule has 0 aliphatic carbocycles. The molecule has 0 aliphatic rings. The molecule has 0 saturated heterocycles. The maximum atomic E-state index is 11.8. The van der Waals surface area contributed by atoms with Crippen LogP contribution >= 0.6 is 11.3 Å². The molecule has 2 rings (SSSR count). The largest absolute Gasteiger partial charge is 0.384 e. The highest BCUT2D eigenvalue weighted by Crippen LogP contribution is 2.13. The van der Waals surface area contributed by atoms with Crippen molar-refractivity contribution in [3.8, 4) is 11.8 Å². The number of aryl methyl sites for hydroxylation is 1. The minimum atomic E-state index is -0.256. The Hall–Kier alpha value is -2.23. The van der Waals surface area contributed by atoms with Crippen LogP contribution in [0.25, 0.3) is 0 Å². The lowest BCUT2D eigenvalue weighted by molar-refractivity contribution is 0.0946. The second kappa shape index (κ2) is 6.80. The maximum absolute atomic E-state index is 11.8. The Balaban J connectivity index is 1.93. The molecule has 0 atom stereocenters. The summed E-state index contributed by atoms with van der Waals surface area (Å²) in [4.78, 5) is 20.9. The molecule has 0 bridgehead atoms. The van der Waals surface area contributed by atoms with E-state index in [1.807, 2.05) is 18.4 Å². The summed E-state index contributed by atoms with van der Waals surface area (Å²) in [5.41, 5.74) is 1.91. The Labute approximate surface area is 120 Å². The number of thiophene rings is 1. The van der Waals surface area contributed by atoms with E-state index in [0.29, 0.717) is 12.2 Å². The van der Waals surface area contributed by atoms with Crippen molar-refractivity contribution in [2.45, 2.75) is 13.5 Å². The van der Waals surface area contributed by atoms with Crippen LogP contribution < -0.4 is 5.32 Å². The zero-order valence-corrected chi connectivity index (χ0v) is 11.7. The average Bonchev–Trinajstić information content (AvgIpc) is 2.91. The summed E-state index contributed by atoms with van der Waals surface area (Å²) in [6.07, 6.45) is 3.01. The molecule has 5 nitrogen and oxygen atoms in total. The van der Waals surface area contributed by atoms with Crippen LogP contribution in [0.4, 0.5) is 0 Å². The van der Waals surface area contributed by atoms with E-state index in [1.165, 1.54) is 17.5 Å². The maximum Gasteiger partial charge on any atom is 0.271 e. The van der Waals surface area contributed by atoms with Gasteiger partial charge in [0.2, 0.25) is 0 Å². The topological polar surface area (TPSA) is 75.1 Å². The summed E-state index contributed by atoms with van der Waals surface area (Å²) in [6, 6.07) is 1.88. The van der Waals surface area contributed by atoms with Gasteiger partial charge in [-0.15, -0.1) is 11.3 Å². The van der Waals surface area contributed by atoms with Crippen molar-refractivity contribution in [3.63, 3.8) is 0 Å². The van der Waals surface area contributed by atoms with Gasteiger partial charge < -0.3 is 10.4 Å². The molecule has 102 valence electrons. The molecule has 0 spiro atoms. The predicted molar refractivity (Wildman–Crippen MR) is 76.2 cm³/mol. The molecule has 2 aromatic heterocycles. The molecule has 2 N–H and O–H groups in total. The van der Waals surface area contributed by atoms with Crippen LogP contribution in [0, 0.1) is 18.8 Å². The first-order valence-electron chi connectivity index (χ1n) is 5.93. The van der Waals surface area contributed by atoms with Gasteiger partial charge in [0.1, 0.15) is 12.3 Å². The normalized spacial score (nSPS) is 9.70. The van der Waals surface area contributed by atoms with Crippen molar-refractivity contribution in [2.24, 2.45) is 0 Å². The fourth-order valence-corrected chi connectivity index (χ4v) is 2.20. The van der Waals surface area contributed by atoms with E-state index in [9.17, 15) is 4.79 Å². The highest BCUT2D eigenvalue weighted by molar-refractivity contribution is 7.10. The van der Waals surface area contributed by atoms with Gasteiger partial charge in [-0.2, -0.15) is 0 Å². The lowest BCUT2D eigenvalue weighted by Crippen LogP contribution is -2.23. The van der Waals surface area contributed by atoms with Gasteiger partial charge in [0.15, 0.2) is 0 Å². The average molecular weight is 287 g/mol. The second-order valence-electron chi connectivity index (χ2n) is 3.99. The lowest BCUT2D eigenvalue weighted by atomic mass is 10.3. The zero-order valence-electron chi connectivity index (χ0n) is 10.9. The molecule has 0 aromatic carbocycles. The van der Waals surface area contributed by atoms with Gasteiger partial charge in [-0.1, -0.05) is 11.8 Å². The number of nitrogens with one attached hydrogen (secondary N) is 1. The number of hydrogen-bond donors (Lipinski definition) is 2. The minimum Gasteiger partial charge on any atom is -0.384 e. The molecule has 0 fully saturated rings. The highest BCUT2D eigenvalue weighted by atomic mass is 32.1. The number of aliphatic hydroxyl groups is 1. The van der Waals surface area contributed by atoms with E-state index in [4.69, 9.17) is 5.11 Å². The standard InChI is InChI=1S/C14H13N3O2S/c1-10-6-16-13(8-15-10)14(19)17-7-12-5-11(9-20-12)3-2-4-18/h5-6,8-9,18H,4,7H2,1H3,(H,17,19). The summed E-state index contributed by atoms with van der Waals surface area (Å²) >= 11 is 1.50. The Morgan fingerprint density at radius 1 is 1.45 bits per heavy atom. The Morgan fingerprint density at radius 2 is 2.30 bits per heavy atom. The van der Waals surface area contributed by atoms with E-state index in [-0.39, 0.29) is 12.5 Å². The molecule has 1 amide bonds. The molecule has 2 heterocycles. The highest BCUT2D eigenvalue weighted by Gasteiger charge is 2.07. The zero-order chi connectivity index (χ0) is 14.4. The molecular weight excluding hydrogens is 274 g/mol. The molecular formula is C14H13N3O2S. The third kappa shape index (κ3) is 3.88. The molecule has 0 aliphatic heterocycles. The summed E-state index contributed by atoms with van der Waals surface area (Å²) in [7, 11) is 0. The SMILES string of the molecule is Cc1cnc(C(=O)NCc2cc(C#CCO)cs2)cn1. The van der Waals surface area contributed by atoms with Gasteiger partial charge in [0.05, 0.1) is 18.4 Å². The van der Waals surface area contributed by atoms with Crippen LogP contribution in [-0.4, -0.2) is 27.6 Å². The van der Waals surface area contributed by atoms with Gasteiger partial charge >= 0.3 is 0 Å². The summed E-state index contributed by atoms with van der Waals surface area (Å²) in [6.45, 7) is 2.07. The first kappa shape index (κ1) is 14.2. The van der Waals surface area contributed by atoms with Gasteiger partial charge in [-0.05, 0) is 13.0 Å². The summed E-state index contributed by atoms with van der Waals surface area (Å²) < 4.78 is 0. The van der Waals surface area contributed by atoms with Crippen molar-refractivity contribution in [1.82, 2.24) is 15.3 Å². The minimum absolute atomic E-state index is 0.159. The van der Waals surface area contributed by atoms with Crippen molar-refractivity contribution in [3.05, 3.63) is 45.7 Å². The number of nitrogens with zero attached hydrogens (tertiary/aromatic N) is 2. The predicted octanol–water partition coefficient (Wildman–Crippen LogP) is 1.12. The van der Waals surface area contributed by atoms with Gasteiger partial charge in [-0.3, -0.25) is 9.78 Å². The smallest absolute Gasteiger partial charge is 0.271 e. The van der Waals surface area contributed by atoms with Crippen LogP contribution in [0.15, 0.2) is 23.8 Å². The third-order valence-electron chi connectivity index (χ3n) is 2.40. The van der Waals surface area contributed by atoms with E-state index in [1.54, 1.807) is 6.20 Å². The first-order valence-corrected chi connectivity index (χ1v) is 6.81. The molecule has 2 aromatic rings. The van der Waals surface area contributed by atoms with Gasteiger partial charge in [0.25, 0.3) is 5.91 Å². The molecule has 0 unspecified atom stereocenters. The Morgan fingerprint density at radius 3 is 3.00 bits per heavy atom. The molecule has 20 heavy (non-hydrogen) atoms. The third-order valence-corrected chi connectivity index (χ3v) is 3.34. The van der Waals surface area contributed by atoms with Crippen LogP contribution in [-0.2, 0) is 6.54 Å². The quantitative estimate of drug-likeness (QED) is 0.830. The molecule has 6 heteroatoms. The van der Waals surface area contributed by atoms with Gasteiger partial charge in [0, 0.05) is 22.0 Å². The number of carbonyl (C=O) groups is 1. The fraction of sp³-hybridized carbons (Fsp3) is 0.214. The first-order chi connectivity index (χ1) is 9.69. The van der Waals surface area contributed by atoms with E-state index < -0.39 is 0 Å². The fourth-order valence-electron chi connectivity index (χ4n) is 1.45. The number of rotatable bonds is 3. The summed E-state index contributed by atoms with van der Waals surface area (Å²) in [5.74, 6) is 5.14. The lowest BCUT2D eigenvalue weighted by Gasteiger charge is -2.02. The van der Waals surface area contributed by atoms with Crippen LogP contribution in [0.1, 0.15) is 26.6 Å².